The van der Waals surface area contributed by atoms with Crippen LogP contribution in [0.2, 0.25) is 0 Å². The number of piperazine rings is 1. The molecular formula is C20H23N3O4S. The first-order chi connectivity index (χ1) is 13.4. The van der Waals surface area contributed by atoms with Gasteiger partial charge in [0.2, 0.25) is 10.0 Å². The summed E-state index contributed by atoms with van der Waals surface area (Å²) in [6, 6.07) is 14.6. The number of hydrogen-bond acceptors (Lipinski definition) is 5. The number of hydroxylamine groups is 1. The van der Waals surface area contributed by atoms with E-state index in [2.05, 4.69) is 4.90 Å². The maximum Gasteiger partial charge on any atom is 0.267 e. The van der Waals surface area contributed by atoms with Gasteiger partial charge >= 0.3 is 0 Å². The monoisotopic (exact) mass is 401 g/mol. The molecule has 0 aliphatic carbocycles. The lowest BCUT2D eigenvalue weighted by atomic mass is 10.1. The number of nitrogens with zero attached hydrogens (tertiary/aromatic N) is 2. The number of hydrogen-bond donors (Lipinski definition) is 2. The first-order valence-corrected chi connectivity index (χ1v) is 10.4. The lowest BCUT2D eigenvalue weighted by molar-refractivity contribution is -0.124. The van der Waals surface area contributed by atoms with Crippen molar-refractivity contribution in [2.24, 2.45) is 0 Å². The van der Waals surface area contributed by atoms with Gasteiger partial charge < -0.3 is 4.90 Å². The highest BCUT2D eigenvalue weighted by Crippen LogP contribution is 2.26. The maximum atomic E-state index is 13.0. The van der Waals surface area contributed by atoms with E-state index in [0.29, 0.717) is 31.1 Å². The van der Waals surface area contributed by atoms with Crippen molar-refractivity contribution in [2.75, 3.05) is 31.1 Å². The Morgan fingerprint density at radius 1 is 1.04 bits per heavy atom. The van der Waals surface area contributed by atoms with Crippen molar-refractivity contribution in [1.29, 1.82) is 0 Å². The fraction of sp³-hybridized carbons (Fsp3) is 0.250. The van der Waals surface area contributed by atoms with Crippen LogP contribution in [0, 0.1) is 6.92 Å². The topological polar surface area (TPSA) is 90.0 Å². The number of aryl methyl sites for hydroxylation is 1. The minimum Gasteiger partial charge on any atom is -0.368 e. The van der Waals surface area contributed by atoms with E-state index in [9.17, 15) is 13.2 Å². The van der Waals surface area contributed by atoms with Crippen LogP contribution in [0.4, 0.5) is 5.69 Å². The van der Waals surface area contributed by atoms with E-state index in [1.165, 1.54) is 10.4 Å². The Balaban J connectivity index is 1.75. The quantitative estimate of drug-likeness (QED) is 0.455. The smallest absolute Gasteiger partial charge is 0.267 e. The van der Waals surface area contributed by atoms with Gasteiger partial charge in [-0.3, -0.25) is 10.0 Å². The van der Waals surface area contributed by atoms with Gasteiger partial charge in [0.05, 0.1) is 4.90 Å². The second kappa shape index (κ2) is 8.55. The number of para-hydroxylation sites is 1. The minimum atomic E-state index is -3.52. The second-order valence-electron chi connectivity index (χ2n) is 6.52. The Labute approximate surface area is 164 Å². The van der Waals surface area contributed by atoms with Crippen LogP contribution >= 0.6 is 0 Å². The molecule has 28 heavy (non-hydrogen) atoms. The summed E-state index contributed by atoms with van der Waals surface area (Å²) in [6.45, 7) is 3.65. The average Bonchev–Trinajstić information content (AvgIpc) is 2.72. The summed E-state index contributed by atoms with van der Waals surface area (Å²) < 4.78 is 27.4. The lowest BCUT2D eigenvalue weighted by Crippen LogP contribution is -2.49. The highest BCUT2D eigenvalue weighted by Gasteiger charge is 2.29. The molecule has 3 rings (SSSR count). The van der Waals surface area contributed by atoms with Crippen LogP contribution in [0.1, 0.15) is 11.1 Å². The highest BCUT2D eigenvalue weighted by molar-refractivity contribution is 7.89. The summed E-state index contributed by atoms with van der Waals surface area (Å²) in [6.07, 6.45) is 2.87. The summed E-state index contributed by atoms with van der Waals surface area (Å²) in [7, 11) is -3.52. The first kappa shape index (κ1) is 20.1. The predicted molar refractivity (Wildman–Crippen MR) is 108 cm³/mol. The minimum absolute atomic E-state index is 0.349. The second-order valence-corrected chi connectivity index (χ2v) is 8.43. The summed E-state index contributed by atoms with van der Waals surface area (Å²) >= 11 is 0. The summed E-state index contributed by atoms with van der Waals surface area (Å²) in [5.74, 6) is -0.607. The molecule has 1 heterocycles. The molecule has 0 atom stereocenters. The molecule has 2 aromatic rings. The predicted octanol–water partition coefficient (Wildman–Crippen LogP) is 2.02. The van der Waals surface area contributed by atoms with E-state index in [1.807, 2.05) is 30.3 Å². The zero-order valence-corrected chi connectivity index (χ0v) is 16.4. The third-order valence-corrected chi connectivity index (χ3v) is 6.81. The fourth-order valence-electron chi connectivity index (χ4n) is 3.27. The molecule has 0 radical (unpaired) electrons. The molecule has 0 spiro atoms. The molecule has 0 unspecified atom stereocenters. The van der Waals surface area contributed by atoms with E-state index in [0.717, 1.165) is 16.8 Å². The number of nitrogens with one attached hydrogen (secondary N) is 1. The molecule has 1 amide bonds. The molecule has 0 aromatic heterocycles. The van der Waals surface area contributed by atoms with Crippen LogP contribution in [0.5, 0.6) is 0 Å². The van der Waals surface area contributed by atoms with Crippen LogP contribution in [-0.4, -0.2) is 50.0 Å². The van der Waals surface area contributed by atoms with Crippen LogP contribution in [0.25, 0.3) is 6.08 Å². The Bertz CT molecular complexity index is 980. The molecule has 8 heteroatoms. The molecule has 1 aliphatic rings. The first-order valence-electron chi connectivity index (χ1n) is 8.95. The molecular weight excluding hydrogens is 378 g/mol. The van der Waals surface area contributed by atoms with Gasteiger partial charge in [0, 0.05) is 37.9 Å². The van der Waals surface area contributed by atoms with Gasteiger partial charge in [-0.25, -0.2) is 13.9 Å². The van der Waals surface area contributed by atoms with Crippen molar-refractivity contribution < 1.29 is 18.4 Å². The molecule has 148 valence electrons. The largest absolute Gasteiger partial charge is 0.368 e. The van der Waals surface area contributed by atoms with Crippen LogP contribution in [0.3, 0.4) is 0 Å². The van der Waals surface area contributed by atoms with Crippen molar-refractivity contribution in [2.45, 2.75) is 11.8 Å². The van der Waals surface area contributed by atoms with Crippen molar-refractivity contribution >= 4 is 27.7 Å². The van der Waals surface area contributed by atoms with Crippen LogP contribution in [0.15, 0.2) is 59.5 Å². The van der Waals surface area contributed by atoms with Crippen LogP contribution in [-0.2, 0) is 14.8 Å². The molecule has 1 saturated heterocycles. The third-order valence-electron chi connectivity index (χ3n) is 4.75. The van der Waals surface area contributed by atoms with Gasteiger partial charge in [0.15, 0.2) is 0 Å². The van der Waals surface area contributed by atoms with Gasteiger partial charge in [-0.05, 0) is 36.3 Å². The maximum absolute atomic E-state index is 13.0. The number of benzene rings is 2. The van der Waals surface area contributed by atoms with E-state index < -0.39 is 15.9 Å². The van der Waals surface area contributed by atoms with E-state index >= 15 is 0 Å². The van der Waals surface area contributed by atoms with Gasteiger partial charge in [-0.1, -0.05) is 36.4 Å². The summed E-state index contributed by atoms with van der Waals surface area (Å²) in [5, 5.41) is 8.63. The molecule has 1 fully saturated rings. The van der Waals surface area contributed by atoms with Crippen LogP contribution < -0.4 is 10.4 Å². The standard InChI is InChI=1S/C20H23N3O4S/c1-16-6-2-5-9-19(16)28(26,27)23-14-12-22(13-15-23)18-8-4-3-7-17(18)10-11-20(24)21-25/h2-11,25H,12-15H2,1H3,(H,21,24)/b11-10+. The molecule has 0 bridgehead atoms. The number of anilines is 1. The molecule has 7 nitrogen and oxygen atoms in total. The van der Waals surface area contributed by atoms with Crippen molar-refractivity contribution in [3.05, 3.63) is 65.7 Å². The van der Waals surface area contributed by atoms with E-state index in [-0.39, 0.29) is 0 Å². The van der Waals surface area contributed by atoms with E-state index in [4.69, 9.17) is 5.21 Å². The fourth-order valence-corrected chi connectivity index (χ4v) is 4.92. The van der Waals surface area contributed by atoms with Gasteiger partial charge in [-0.2, -0.15) is 4.31 Å². The Hall–Kier alpha value is -2.68. The van der Waals surface area contributed by atoms with Crippen molar-refractivity contribution in [3.63, 3.8) is 0 Å². The Morgan fingerprint density at radius 2 is 1.68 bits per heavy atom. The molecule has 2 N–H and O–H groups in total. The van der Waals surface area contributed by atoms with Crippen molar-refractivity contribution in [3.8, 4) is 0 Å². The SMILES string of the molecule is Cc1ccccc1S(=O)(=O)N1CCN(c2ccccc2/C=C/C(=O)NO)CC1. The zero-order valence-electron chi connectivity index (χ0n) is 15.6. The molecule has 0 saturated carbocycles. The van der Waals surface area contributed by atoms with Gasteiger partial charge in [0.1, 0.15) is 0 Å². The Kier molecular flexibility index (Phi) is 6.13. The summed E-state index contributed by atoms with van der Waals surface area (Å²) in [4.78, 5) is 13.7. The van der Waals surface area contributed by atoms with Gasteiger partial charge in [0.25, 0.3) is 5.91 Å². The lowest BCUT2D eigenvalue weighted by Gasteiger charge is -2.36. The third kappa shape index (κ3) is 4.24. The Morgan fingerprint density at radius 3 is 2.36 bits per heavy atom. The number of carbonyl (C=O) groups excluding carboxylic acids is 1. The van der Waals surface area contributed by atoms with Crippen molar-refractivity contribution in [1.82, 2.24) is 9.79 Å². The zero-order chi connectivity index (χ0) is 20.1. The highest BCUT2D eigenvalue weighted by atomic mass is 32.2. The molecule has 2 aromatic carbocycles. The number of carbonyl (C=O) groups is 1. The number of amides is 1. The number of rotatable bonds is 5. The van der Waals surface area contributed by atoms with E-state index in [1.54, 1.807) is 36.7 Å². The average molecular weight is 401 g/mol. The normalized spacial score (nSPS) is 15.7. The molecule has 1 aliphatic heterocycles. The van der Waals surface area contributed by atoms with Gasteiger partial charge in [-0.15, -0.1) is 0 Å². The number of sulfonamides is 1. The summed E-state index contributed by atoms with van der Waals surface area (Å²) in [5.41, 5.74) is 4.04.